The average molecular weight is 401 g/mol. The number of pyridine rings is 1. The molecule has 0 aliphatic rings. The fraction of sp³-hybridized carbons (Fsp3) is 0.300. The van der Waals surface area contributed by atoms with Gasteiger partial charge in [-0.25, -0.2) is 4.98 Å². The first-order valence-electron chi connectivity index (χ1n) is 8.91. The van der Waals surface area contributed by atoms with Crippen molar-refractivity contribution in [2.24, 2.45) is 0 Å². The maximum Gasteiger partial charge on any atom is 0.303 e. The molecule has 2 heterocycles. The molecule has 0 aliphatic carbocycles. The Morgan fingerprint density at radius 3 is 2.75 bits per heavy atom. The van der Waals surface area contributed by atoms with Gasteiger partial charge in [-0.2, -0.15) is 4.98 Å². The van der Waals surface area contributed by atoms with Crippen LogP contribution in [0.2, 0.25) is 5.02 Å². The first kappa shape index (κ1) is 19.8. The number of carboxylic acid groups (broad SMARTS) is 1. The largest absolute Gasteiger partial charge is 0.481 e. The zero-order chi connectivity index (χ0) is 20.3. The minimum atomic E-state index is -0.813. The van der Waals surface area contributed by atoms with E-state index in [9.17, 15) is 4.79 Å². The smallest absolute Gasteiger partial charge is 0.303 e. The highest BCUT2D eigenvalue weighted by Crippen LogP contribution is 2.29. The molecule has 0 amide bonds. The molecule has 1 aromatic carbocycles. The Hall–Kier alpha value is -2.93. The lowest BCUT2D eigenvalue weighted by atomic mass is 10.0. The minimum Gasteiger partial charge on any atom is -0.481 e. The summed E-state index contributed by atoms with van der Waals surface area (Å²) < 4.78 is 5.39. The van der Waals surface area contributed by atoms with Gasteiger partial charge in [0.2, 0.25) is 5.82 Å². The number of carbonyl (C=O) groups is 1. The average Bonchev–Trinajstić information content (AvgIpc) is 3.11. The number of rotatable bonds is 7. The van der Waals surface area contributed by atoms with Crippen molar-refractivity contribution < 1.29 is 14.4 Å². The standard InChI is InChI=1S/C20H21ClN4O3/c1-11(2)23-19-16(21)9-14(10-22-19)20-24-18(25-28-20)15-6-4-13(8-12(15)3)5-7-17(26)27/h4,6,8-11H,5,7H2,1-3H3,(H,22,23)(H,26,27). The molecule has 0 atom stereocenters. The van der Waals surface area contributed by atoms with Crippen LogP contribution in [0.1, 0.15) is 31.4 Å². The zero-order valence-electron chi connectivity index (χ0n) is 15.9. The maximum absolute atomic E-state index is 10.7. The van der Waals surface area contributed by atoms with Gasteiger partial charge in [0.1, 0.15) is 5.82 Å². The summed E-state index contributed by atoms with van der Waals surface area (Å²) in [7, 11) is 0. The van der Waals surface area contributed by atoms with Crippen LogP contribution in [0.15, 0.2) is 35.0 Å². The van der Waals surface area contributed by atoms with Gasteiger partial charge in [-0.05, 0) is 44.4 Å². The quantitative estimate of drug-likeness (QED) is 0.597. The number of aryl methyl sites for hydroxylation is 2. The van der Waals surface area contributed by atoms with E-state index < -0.39 is 5.97 Å². The number of nitrogens with one attached hydrogen (secondary N) is 1. The molecule has 0 saturated heterocycles. The van der Waals surface area contributed by atoms with E-state index in [-0.39, 0.29) is 12.5 Å². The lowest BCUT2D eigenvalue weighted by Crippen LogP contribution is -2.11. The highest BCUT2D eigenvalue weighted by atomic mass is 35.5. The fourth-order valence-corrected chi connectivity index (χ4v) is 2.99. The Morgan fingerprint density at radius 2 is 2.11 bits per heavy atom. The molecule has 0 spiro atoms. The Kier molecular flexibility index (Phi) is 5.94. The van der Waals surface area contributed by atoms with Gasteiger partial charge < -0.3 is 14.9 Å². The molecular formula is C20H21ClN4O3. The monoisotopic (exact) mass is 400 g/mol. The van der Waals surface area contributed by atoms with Crippen molar-refractivity contribution in [2.75, 3.05) is 5.32 Å². The van der Waals surface area contributed by atoms with Crippen molar-refractivity contribution in [3.8, 4) is 22.8 Å². The Bertz CT molecular complexity index is 1000. The van der Waals surface area contributed by atoms with Crippen molar-refractivity contribution in [1.29, 1.82) is 0 Å². The highest BCUT2D eigenvalue weighted by Gasteiger charge is 2.15. The van der Waals surface area contributed by atoms with E-state index in [1.165, 1.54) is 0 Å². The van der Waals surface area contributed by atoms with E-state index in [4.69, 9.17) is 21.2 Å². The lowest BCUT2D eigenvalue weighted by Gasteiger charge is -2.10. The summed E-state index contributed by atoms with van der Waals surface area (Å²) in [5, 5.41) is 16.5. The SMILES string of the molecule is Cc1cc(CCC(=O)O)ccc1-c1noc(-c2cnc(NC(C)C)c(Cl)c2)n1. The molecule has 2 aromatic heterocycles. The zero-order valence-corrected chi connectivity index (χ0v) is 16.6. The van der Waals surface area contributed by atoms with Crippen LogP contribution in [0.5, 0.6) is 0 Å². The third kappa shape index (κ3) is 4.67. The summed E-state index contributed by atoms with van der Waals surface area (Å²) in [6.45, 7) is 5.94. The van der Waals surface area contributed by atoms with Gasteiger partial charge >= 0.3 is 5.97 Å². The van der Waals surface area contributed by atoms with Crippen LogP contribution in [0.25, 0.3) is 22.8 Å². The van der Waals surface area contributed by atoms with Crippen LogP contribution in [0.4, 0.5) is 5.82 Å². The molecule has 0 saturated carbocycles. The number of hydrogen-bond donors (Lipinski definition) is 2. The van der Waals surface area contributed by atoms with Crippen LogP contribution in [0, 0.1) is 6.92 Å². The van der Waals surface area contributed by atoms with E-state index in [0.717, 1.165) is 16.7 Å². The number of nitrogens with zero attached hydrogens (tertiary/aromatic N) is 3. The summed E-state index contributed by atoms with van der Waals surface area (Å²) in [5.74, 6) is 0.576. The maximum atomic E-state index is 10.7. The second-order valence-corrected chi connectivity index (χ2v) is 7.23. The van der Waals surface area contributed by atoms with Gasteiger partial charge in [-0.3, -0.25) is 4.79 Å². The predicted molar refractivity (Wildman–Crippen MR) is 107 cm³/mol. The molecule has 0 radical (unpaired) electrons. The van der Waals surface area contributed by atoms with E-state index >= 15 is 0 Å². The molecule has 3 aromatic rings. The number of hydrogen-bond acceptors (Lipinski definition) is 6. The second-order valence-electron chi connectivity index (χ2n) is 6.82. The van der Waals surface area contributed by atoms with E-state index in [1.807, 2.05) is 39.0 Å². The second kappa shape index (κ2) is 8.39. The first-order valence-corrected chi connectivity index (χ1v) is 9.29. The number of halogens is 1. The Morgan fingerprint density at radius 1 is 1.32 bits per heavy atom. The van der Waals surface area contributed by atoms with Crippen molar-refractivity contribution in [3.05, 3.63) is 46.6 Å². The van der Waals surface area contributed by atoms with Gasteiger partial charge in [0.05, 0.1) is 10.6 Å². The lowest BCUT2D eigenvalue weighted by molar-refractivity contribution is -0.136. The highest BCUT2D eigenvalue weighted by molar-refractivity contribution is 6.33. The number of aliphatic carboxylic acids is 1. The van der Waals surface area contributed by atoms with E-state index in [1.54, 1.807) is 12.3 Å². The molecule has 8 heteroatoms. The molecule has 0 aliphatic heterocycles. The van der Waals surface area contributed by atoms with Crippen LogP contribution in [-0.2, 0) is 11.2 Å². The number of aromatic nitrogens is 3. The third-order valence-corrected chi connectivity index (χ3v) is 4.39. The molecule has 146 valence electrons. The van der Waals surface area contributed by atoms with Crippen LogP contribution in [0.3, 0.4) is 0 Å². The van der Waals surface area contributed by atoms with Gasteiger partial charge in [0, 0.05) is 24.2 Å². The van der Waals surface area contributed by atoms with Gasteiger partial charge in [0.25, 0.3) is 5.89 Å². The predicted octanol–water partition coefficient (Wildman–Crippen LogP) is 4.60. The van der Waals surface area contributed by atoms with Crippen molar-refractivity contribution >= 4 is 23.4 Å². The molecule has 0 fully saturated rings. The summed E-state index contributed by atoms with van der Waals surface area (Å²) in [5.41, 5.74) is 3.36. The van der Waals surface area contributed by atoms with Crippen LogP contribution >= 0.6 is 11.6 Å². The number of carboxylic acids is 1. The molecule has 0 unspecified atom stereocenters. The Balaban J connectivity index is 1.82. The van der Waals surface area contributed by atoms with E-state index in [2.05, 4.69) is 20.4 Å². The van der Waals surface area contributed by atoms with Crippen molar-refractivity contribution in [3.63, 3.8) is 0 Å². The topological polar surface area (TPSA) is 101 Å². The summed E-state index contributed by atoms with van der Waals surface area (Å²) in [6.07, 6.45) is 2.21. The van der Waals surface area contributed by atoms with Crippen molar-refractivity contribution in [2.45, 2.75) is 39.7 Å². The van der Waals surface area contributed by atoms with Gasteiger partial charge in [0.15, 0.2) is 0 Å². The van der Waals surface area contributed by atoms with E-state index in [0.29, 0.717) is 34.5 Å². The normalized spacial score (nSPS) is 11.0. The third-order valence-electron chi connectivity index (χ3n) is 4.10. The molecule has 28 heavy (non-hydrogen) atoms. The van der Waals surface area contributed by atoms with Crippen molar-refractivity contribution in [1.82, 2.24) is 15.1 Å². The molecule has 2 N–H and O–H groups in total. The van der Waals surface area contributed by atoms with Crippen LogP contribution < -0.4 is 5.32 Å². The van der Waals surface area contributed by atoms with Gasteiger partial charge in [-0.15, -0.1) is 0 Å². The fourth-order valence-electron chi connectivity index (χ4n) is 2.77. The molecule has 7 nitrogen and oxygen atoms in total. The molecule has 0 bridgehead atoms. The summed E-state index contributed by atoms with van der Waals surface area (Å²) in [6, 6.07) is 7.65. The summed E-state index contributed by atoms with van der Waals surface area (Å²) >= 11 is 6.29. The summed E-state index contributed by atoms with van der Waals surface area (Å²) in [4.78, 5) is 19.5. The molecular weight excluding hydrogens is 380 g/mol. The van der Waals surface area contributed by atoms with Gasteiger partial charge in [-0.1, -0.05) is 35.0 Å². The van der Waals surface area contributed by atoms with Crippen LogP contribution in [-0.4, -0.2) is 32.2 Å². The number of anilines is 1. The first-order chi connectivity index (χ1) is 13.3. The minimum absolute atomic E-state index is 0.0978. The number of benzene rings is 1. The molecule has 3 rings (SSSR count). The Labute approximate surface area is 167 Å².